The minimum absolute atomic E-state index is 0.0810. The molecule has 0 aromatic rings. The van der Waals surface area contributed by atoms with Gasteiger partial charge < -0.3 is 10.4 Å². The Morgan fingerprint density at radius 2 is 1.93 bits per heavy atom. The van der Waals surface area contributed by atoms with Crippen molar-refractivity contribution in [3.8, 4) is 0 Å². The van der Waals surface area contributed by atoms with Gasteiger partial charge in [0.2, 0.25) is 5.91 Å². The zero-order chi connectivity index (χ0) is 12.0. The smallest absolute Gasteiger partial charge is 0.330 e. The Bertz CT molecular complexity index is 294. The Hall–Kier alpha value is -1.58. The summed E-state index contributed by atoms with van der Waals surface area (Å²) in [6, 6.07) is 0. The number of nitrogens with one attached hydrogen (secondary N) is 1. The summed E-state index contributed by atoms with van der Waals surface area (Å²) in [5.74, 6) is -1.32. The number of hydrogen-bond donors (Lipinski definition) is 2. The van der Waals surface area contributed by atoms with E-state index in [-0.39, 0.29) is 17.7 Å². The molecular weight excluding hydrogens is 194 g/mol. The van der Waals surface area contributed by atoms with Crippen molar-refractivity contribution in [1.29, 1.82) is 0 Å². The first kappa shape index (κ1) is 13.4. The van der Waals surface area contributed by atoms with Gasteiger partial charge in [0, 0.05) is 24.6 Å². The summed E-state index contributed by atoms with van der Waals surface area (Å²) in [5, 5.41) is 11.2. The van der Waals surface area contributed by atoms with Crippen LogP contribution in [0.3, 0.4) is 0 Å². The number of allylic oxidation sites excluding steroid dienone is 2. The largest absolute Gasteiger partial charge is 0.478 e. The lowest BCUT2D eigenvalue weighted by Gasteiger charge is -2.19. The fourth-order valence-corrected chi connectivity index (χ4v) is 1.11. The van der Waals surface area contributed by atoms with E-state index in [0.29, 0.717) is 5.70 Å². The molecule has 0 fully saturated rings. The average molecular weight is 211 g/mol. The highest BCUT2D eigenvalue weighted by Crippen LogP contribution is 2.18. The molecular formula is C11H17NO3. The molecule has 84 valence electrons. The van der Waals surface area contributed by atoms with Crippen LogP contribution in [0.15, 0.2) is 24.4 Å². The molecule has 2 N–H and O–H groups in total. The summed E-state index contributed by atoms with van der Waals surface area (Å²) < 4.78 is 0. The first-order chi connectivity index (χ1) is 6.88. The second-order valence-corrected chi connectivity index (χ2v) is 3.50. The molecule has 0 saturated heterocycles. The third-order valence-electron chi connectivity index (χ3n) is 2.25. The van der Waals surface area contributed by atoms with Crippen LogP contribution in [0.4, 0.5) is 0 Å². The van der Waals surface area contributed by atoms with Gasteiger partial charge in [-0.2, -0.15) is 0 Å². The van der Waals surface area contributed by atoms with Crippen molar-refractivity contribution < 1.29 is 14.7 Å². The van der Waals surface area contributed by atoms with Crippen LogP contribution in [0.25, 0.3) is 0 Å². The maximum absolute atomic E-state index is 10.9. The number of amides is 1. The van der Waals surface area contributed by atoms with Crippen molar-refractivity contribution >= 4 is 11.9 Å². The van der Waals surface area contributed by atoms with Gasteiger partial charge in [0.1, 0.15) is 0 Å². The van der Waals surface area contributed by atoms with Crippen molar-refractivity contribution in [2.24, 2.45) is 11.8 Å². The normalized spacial score (nSPS) is 15.3. The Morgan fingerprint density at radius 3 is 2.27 bits per heavy atom. The van der Waals surface area contributed by atoms with Gasteiger partial charge in [-0.25, -0.2) is 4.79 Å². The number of aliphatic carboxylic acids is 1. The van der Waals surface area contributed by atoms with Gasteiger partial charge in [0.05, 0.1) is 0 Å². The molecule has 15 heavy (non-hydrogen) atoms. The topological polar surface area (TPSA) is 66.4 Å². The quantitative estimate of drug-likeness (QED) is 0.535. The summed E-state index contributed by atoms with van der Waals surface area (Å²) in [5.41, 5.74) is 0.405. The van der Waals surface area contributed by atoms with Crippen molar-refractivity contribution in [2.45, 2.75) is 20.8 Å². The minimum atomic E-state index is -1.07. The van der Waals surface area contributed by atoms with Crippen molar-refractivity contribution in [2.75, 3.05) is 0 Å². The number of rotatable bonds is 5. The van der Waals surface area contributed by atoms with Gasteiger partial charge in [-0.3, -0.25) is 4.79 Å². The molecule has 0 spiro atoms. The number of carboxylic acid groups (broad SMARTS) is 1. The molecule has 0 aliphatic heterocycles. The standard InChI is InChI=1S/C11H17NO3/c1-5-7(2)8(3)10(6-11(14)15)12-9(4)13/h5-8H,1H2,2-4H3,(H,12,13)(H,14,15)/b10-6-/t7-,8-/m0/s1. The minimum Gasteiger partial charge on any atom is -0.478 e. The Morgan fingerprint density at radius 1 is 1.40 bits per heavy atom. The highest BCUT2D eigenvalue weighted by atomic mass is 16.4. The first-order valence-corrected chi connectivity index (χ1v) is 4.73. The fourth-order valence-electron chi connectivity index (χ4n) is 1.11. The first-order valence-electron chi connectivity index (χ1n) is 4.73. The number of hydrogen-bond acceptors (Lipinski definition) is 2. The molecule has 0 unspecified atom stereocenters. The molecule has 4 heteroatoms. The summed E-state index contributed by atoms with van der Waals surface area (Å²) >= 11 is 0. The number of carbonyl (C=O) groups is 2. The lowest BCUT2D eigenvalue weighted by Crippen LogP contribution is -2.27. The molecule has 0 heterocycles. The van der Waals surface area contributed by atoms with Crippen LogP contribution in [0.1, 0.15) is 20.8 Å². The Kier molecular flexibility index (Phi) is 5.37. The summed E-state index contributed by atoms with van der Waals surface area (Å²) in [4.78, 5) is 21.4. The number of carboxylic acids is 1. The van der Waals surface area contributed by atoms with Crippen LogP contribution in [0.5, 0.6) is 0 Å². The van der Waals surface area contributed by atoms with E-state index in [4.69, 9.17) is 5.11 Å². The SMILES string of the molecule is C=C[C@H](C)[C@H](C)/C(=C/C(=O)O)NC(C)=O. The highest BCUT2D eigenvalue weighted by molar-refractivity contribution is 5.83. The van der Waals surface area contributed by atoms with E-state index < -0.39 is 5.97 Å². The molecule has 4 nitrogen and oxygen atoms in total. The molecule has 0 rings (SSSR count). The van der Waals surface area contributed by atoms with E-state index in [0.717, 1.165) is 6.08 Å². The van der Waals surface area contributed by atoms with E-state index in [1.807, 2.05) is 13.8 Å². The Labute approximate surface area is 89.7 Å². The van der Waals surface area contributed by atoms with Crippen LogP contribution in [0, 0.1) is 11.8 Å². The Balaban J connectivity index is 4.84. The number of carbonyl (C=O) groups excluding carboxylic acids is 1. The predicted molar refractivity (Wildman–Crippen MR) is 58.1 cm³/mol. The molecule has 0 radical (unpaired) electrons. The average Bonchev–Trinajstić information content (AvgIpc) is 2.13. The molecule has 2 atom stereocenters. The van der Waals surface area contributed by atoms with E-state index in [2.05, 4.69) is 11.9 Å². The molecule has 0 aliphatic rings. The molecule has 1 amide bonds. The molecule has 0 aromatic carbocycles. The van der Waals surface area contributed by atoms with E-state index >= 15 is 0 Å². The second kappa shape index (κ2) is 6.01. The second-order valence-electron chi connectivity index (χ2n) is 3.50. The third kappa shape index (κ3) is 5.00. The van der Waals surface area contributed by atoms with Gasteiger partial charge in [-0.1, -0.05) is 19.9 Å². The zero-order valence-corrected chi connectivity index (χ0v) is 9.28. The highest BCUT2D eigenvalue weighted by Gasteiger charge is 2.16. The lowest BCUT2D eigenvalue weighted by atomic mass is 9.92. The third-order valence-corrected chi connectivity index (χ3v) is 2.25. The van der Waals surface area contributed by atoms with Crippen molar-refractivity contribution in [1.82, 2.24) is 5.32 Å². The van der Waals surface area contributed by atoms with Crippen LogP contribution >= 0.6 is 0 Å². The van der Waals surface area contributed by atoms with Crippen LogP contribution < -0.4 is 5.32 Å². The lowest BCUT2D eigenvalue weighted by molar-refractivity contribution is -0.131. The molecule has 0 aromatic heterocycles. The van der Waals surface area contributed by atoms with E-state index in [9.17, 15) is 9.59 Å². The maximum atomic E-state index is 10.9. The van der Waals surface area contributed by atoms with Gasteiger partial charge in [0.25, 0.3) is 0 Å². The van der Waals surface area contributed by atoms with Gasteiger partial charge in [-0.05, 0) is 5.92 Å². The summed E-state index contributed by atoms with van der Waals surface area (Å²) in [6.45, 7) is 8.74. The van der Waals surface area contributed by atoms with E-state index in [1.54, 1.807) is 6.08 Å². The fraction of sp³-hybridized carbons (Fsp3) is 0.455. The molecule has 0 bridgehead atoms. The van der Waals surface area contributed by atoms with Gasteiger partial charge in [0.15, 0.2) is 0 Å². The molecule has 0 aliphatic carbocycles. The maximum Gasteiger partial charge on any atom is 0.330 e. The van der Waals surface area contributed by atoms with Crippen LogP contribution in [-0.4, -0.2) is 17.0 Å². The summed E-state index contributed by atoms with van der Waals surface area (Å²) in [6.07, 6.45) is 2.74. The predicted octanol–water partition coefficient (Wildman–Crippen LogP) is 1.55. The van der Waals surface area contributed by atoms with Crippen LogP contribution in [0.2, 0.25) is 0 Å². The zero-order valence-electron chi connectivity index (χ0n) is 9.28. The van der Waals surface area contributed by atoms with Crippen molar-refractivity contribution in [3.05, 3.63) is 24.4 Å². The van der Waals surface area contributed by atoms with E-state index in [1.165, 1.54) is 6.92 Å². The van der Waals surface area contributed by atoms with Crippen molar-refractivity contribution in [3.63, 3.8) is 0 Å². The molecule has 0 saturated carbocycles. The van der Waals surface area contributed by atoms with Gasteiger partial charge >= 0.3 is 5.97 Å². The van der Waals surface area contributed by atoms with Crippen LogP contribution in [-0.2, 0) is 9.59 Å². The van der Waals surface area contributed by atoms with Gasteiger partial charge in [-0.15, -0.1) is 6.58 Å². The summed E-state index contributed by atoms with van der Waals surface area (Å²) in [7, 11) is 0. The monoisotopic (exact) mass is 211 g/mol.